The summed E-state index contributed by atoms with van der Waals surface area (Å²) in [6.07, 6.45) is 1.77. The lowest BCUT2D eigenvalue weighted by Crippen LogP contribution is -2.25. The van der Waals surface area contributed by atoms with Crippen molar-refractivity contribution in [1.82, 2.24) is 4.72 Å². The van der Waals surface area contributed by atoms with E-state index in [0.717, 1.165) is 18.4 Å². The molecule has 25 heavy (non-hydrogen) atoms. The normalized spacial score (nSPS) is 14.3. The number of hydrogen-bond acceptors (Lipinski definition) is 4. The van der Waals surface area contributed by atoms with Crippen molar-refractivity contribution in [1.29, 1.82) is 0 Å². The Kier molecular flexibility index (Phi) is 5.17. The SMILES string of the molecule is COCc1ccc(C(=O)Nc2ccc(S(=O)(=O)NC3CC3)cc2)cc1. The predicted octanol–water partition coefficient (Wildman–Crippen LogP) is 2.53. The maximum absolute atomic E-state index is 12.2. The van der Waals surface area contributed by atoms with Gasteiger partial charge in [0.15, 0.2) is 0 Å². The predicted molar refractivity (Wildman–Crippen MR) is 94.9 cm³/mol. The van der Waals surface area contributed by atoms with Crippen LogP contribution in [0, 0.1) is 0 Å². The first-order chi connectivity index (χ1) is 12.0. The van der Waals surface area contributed by atoms with Gasteiger partial charge in [-0.25, -0.2) is 13.1 Å². The number of carbonyl (C=O) groups excluding carboxylic acids is 1. The third-order valence-corrected chi connectivity index (χ3v) is 5.39. The van der Waals surface area contributed by atoms with Gasteiger partial charge < -0.3 is 10.1 Å². The van der Waals surface area contributed by atoms with Crippen molar-refractivity contribution in [3.63, 3.8) is 0 Å². The lowest BCUT2D eigenvalue weighted by atomic mass is 10.1. The minimum Gasteiger partial charge on any atom is -0.380 e. The average Bonchev–Trinajstić information content (AvgIpc) is 3.39. The second-order valence-corrected chi connectivity index (χ2v) is 7.72. The van der Waals surface area contributed by atoms with Crippen LogP contribution in [0.15, 0.2) is 53.4 Å². The minimum atomic E-state index is -3.48. The smallest absolute Gasteiger partial charge is 0.255 e. The van der Waals surface area contributed by atoms with E-state index in [1.165, 1.54) is 12.1 Å². The lowest BCUT2D eigenvalue weighted by Gasteiger charge is -2.08. The van der Waals surface area contributed by atoms with E-state index in [4.69, 9.17) is 4.74 Å². The molecule has 0 aliphatic heterocycles. The second kappa shape index (κ2) is 7.35. The number of anilines is 1. The molecule has 2 N–H and O–H groups in total. The van der Waals surface area contributed by atoms with Crippen molar-refractivity contribution < 1.29 is 17.9 Å². The number of benzene rings is 2. The Balaban J connectivity index is 1.65. The van der Waals surface area contributed by atoms with E-state index in [2.05, 4.69) is 10.0 Å². The summed E-state index contributed by atoms with van der Waals surface area (Å²) in [5.41, 5.74) is 2.04. The van der Waals surface area contributed by atoms with Gasteiger partial charge in [0.25, 0.3) is 5.91 Å². The van der Waals surface area contributed by atoms with Gasteiger partial charge in [-0.05, 0) is 54.8 Å². The first-order valence-electron chi connectivity index (χ1n) is 7.99. The van der Waals surface area contributed by atoms with Crippen LogP contribution in [-0.4, -0.2) is 27.5 Å². The van der Waals surface area contributed by atoms with Gasteiger partial charge in [0.05, 0.1) is 11.5 Å². The zero-order valence-electron chi connectivity index (χ0n) is 13.9. The monoisotopic (exact) mass is 360 g/mol. The fourth-order valence-corrected chi connectivity index (χ4v) is 3.63. The van der Waals surface area contributed by atoms with Gasteiger partial charge in [0.1, 0.15) is 0 Å². The summed E-state index contributed by atoms with van der Waals surface area (Å²) >= 11 is 0. The van der Waals surface area contributed by atoms with Crippen LogP contribution in [0.1, 0.15) is 28.8 Å². The Labute approximate surface area is 147 Å². The molecule has 0 atom stereocenters. The van der Waals surface area contributed by atoms with Crippen molar-refractivity contribution in [2.45, 2.75) is 30.4 Å². The Morgan fingerprint density at radius 2 is 1.72 bits per heavy atom. The van der Waals surface area contributed by atoms with Gasteiger partial charge in [0.2, 0.25) is 10.0 Å². The summed E-state index contributed by atoms with van der Waals surface area (Å²) in [7, 11) is -1.86. The Morgan fingerprint density at radius 1 is 1.08 bits per heavy atom. The van der Waals surface area contributed by atoms with Crippen LogP contribution in [0.25, 0.3) is 0 Å². The van der Waals surface area contributed by atoms with E-state index in [-0.39, 0.29) is 16.8 Å². The quantitative estimate of drug-likeness (QED) is 0.795. The number of hydrogen-bond donors (Lipinski definition) is 2. The zero-order chi connectivity index (χ0) is 17.9. The molecule has 3 rings (SSSR count). The van der Waals surface area contributed by atoms with E-state index in [1.54, 1.807) is 31.4 Å². The van der Waals surface area contributed by atoms with Crippen molar-refractivity contribution in [3.8, 4) is 0 Å². The average molecular weight is 360 g/mol. The van der Waals surface area contributed by atoms with Crippen molar-refractivity contribution in [2.24, 2.45) is 0 Å². The maximum Gasteiger partial charge on any atom is 0.255 e. The first kappa shape index (κ1) is 17.6. The molecule has 2 aromatic rings. The molecule has 1 aliphatic rings. The largest absolute Gasteiger partial charge is 0.380 e. The fraction of sp³-hybridized carbons (Fsp3) is 0.278. The summed E-state index contributed by atoms with van der Waals surface area (Å²) in [4.78, 5) is 12.4. The number of amides is 1. The van der Waals surface area contributed by atoms with Crippen molar-refractivity contribution in [3.05, 3.63) is 59.7 Å². The molecular weight excluding hydrogens is 340 g/mol. The van der Waals surface area contributed by atoms with Crippen LogP contribution < -0.4 is 10.0 Å². The van der Waals surface area contributed by atoms with E-state index in [9.17, 15) is 13.2 Å². The highest BCUT2D eigenvalue weighted by atomic mass is 32.2. The van der Waals surface area contributed by atoms with Gasteiger partial charge in [-0.15, -0.1) is 0 Å². The van der Waals surface area contributed by atoms with Crippen molar-refractivity contribution >= 4 is 21.6 Å². The molecule has 1 amide bonds. The summed E-state index contributed by atoms with van der Waals surface area (Å²) in [6.45, 7) is 0.493. The van der Waals surface area contributed by atoms with E-state index >= 15 is 0 Å². The molecule has 1 aliphatic carbocycles. The van der Waals surface area contributed by atoms with Crippen LogP contribution in [0.3, 0.4) is 0 Å². The number of carbonyl (C=O) groups is 1. The molecule has 1 fully saturated rings. The third-order valence-electron chi connectivity index (χ3n) is 3.85. The maximum atomic E-state index is 12.2. The van der Waals surface area contributed by atoms with E-state index < -0.39 is 10.0 Å². The topological polar surface area (TPSA) is 84.5 Å². The highest BCUT2D eigenvalue weighted by Crippen LogP contribution is 2.23. The summed E-state index contributed by atoms with van der Waals surface area (Å²) in [5, 5.41) is 2.76. The van der Waals surface area contributed by atoms with E-state index in [0.29, 0.717) is 17.9 Å². The number of rotatable bonds is 7. The van der Waals surface area contributed by atoms with Crippen molar-refractivity contribution in [2.75, 3.05) is 12.4 Å². The molecule has 0 bridgehead atoms. The molecule has 0 heterocycles. The fourth-order valence-electron chi connectivity index (χ4n) is 2.33. The molecule has 0 saturated heterocycles. The summed E-state index contributed by atoms with van der Waals surface area (Å²) in [5.74, 6) is -0.254. The standard InChI is InChI=1S/C18H20N2O4S/c1-24-12-13-2-4-14(5-3-13)18(21)19-15-8-10-17(11-9-15)25(22,23)20-16-6-7-16/h2-5,8-11,16,20H,6-7,12H2,1H3,(H,19,21). The Hall–Kier alpha value is -2.22. The zero-order valence-corrected chi connectivity index (χ0v) is 14.7. The molecular formula is C18H20N2O4S. The van der Waals surface area contributed by atoms with E-state index in [1.807, 2.05) is 12.1 Å². The van der Waals surface area contributed by atoms with Gasteiger partial charge in [0, 0.05) is 24.4 Å². The van der Waals surface area contributed by atoms with Crippen LogP contribution in [-0.2, 0) is 21.4 Å². The molecule has 2 aromatic carbocycles. The Morgan fingerprint density at radius 3 is 2.28 bits per heavy atom. The minimum absolute atomic E-state index is 0.0606. The number of ether oxygens (including phenoxy) is 1. The second-order valence-electron chi connectivity index (χ2n) is 6.00. The van der Waals surface area contributed by atoms with Gasteiger partial charge >= 0.3 is 0 Å². The summed E-state index contributed by atoms with van der Waals surface area (Å²) < 4.78 is 31.9. The number of nitrogens with one attached hydrogen (secondary N) is 2. The van der Waals surface area contributed by atoms with Crippen LogP contribution >= 0.6 is 0 Å². The molecule has 0 aromatic heterocycles. The highest BCUT2D eigenvalue weighted by Gasteiger charge is 2.27. The molecule has 0 radical (unpaired) electrons. The molecule has 1 saturated carbocycles. The third kappa shape index (κ3) is 4.66. The van der Waals surface area contributed by atoms with Crippen LogP contribution in [0.5, 0.6) is 0 Å². The molecule has 6 nitrogen and oxygen atoms in total. The van der Waals surface area contributed by atoms with Crippen LogP contribution in [0.4, 0.5) is 5.69 Å². The molecule has 0 spiro atoms. The molecule has 7 heteroatoms. The van der Waals surface area contributed by atoms with Gasteiger partial charge in [-0.1, -0.05) is 12.1 Å². The number of methoxy groups -OCH3 is 1. The molecule has 0 unspecified atom stereocenters. The molecule has 132 valence electrons. The first-order valence-corrected chi connectivity index (χ1v) is 9.48. The van der Waals surface area contributed by atoms with Gasteiger partial charge in [-0.2, -0.15) is 0 Å². The number of sulfonamides is 1. The summed E-state index contributed by atoms with van der Waals surface area (Å²) in [6, 6.07) is 13.3. The van der Waals surface area contributed by atoms with Crippen LogP contribution in [0.2, 0.25) is 0 Å². The van der Waals surface area contributed by atoms with Gasteiger partial charge in [-0.3, -0.25) is 4.79 Å². The Bertz CT molecular complexity index is 842. The highest BCUT2D eigenvalue weighted by molar-refractivity contribution is 7.89. The lowest BCUT2D eigenvalue weighted by molar-refractivity contribution is 0.102.